The summed E-state index contributed by atoms with van der Waals surface area (Å²) in [7, 11) is 0. The van der Waals surface area contributed by atoms with Crippen LogP contribution in [0.3, 0.4) is 0 Å². The first-order valence-corrected chi connectivity index (χ1v) is 25.4. The van der Waals surface area contributed by atoms with E-state index in [0.29, 0.717) is 125 Å². The summed E-state index contributed by atoms with van der Waals surface area (Å²) in [6.45, 7) is 11.8. The van der Waals surface area contributed by atoms with Gasteiger partial charge in [-0.1, -0.05) is 121 Å². The van der Waals surface area contributed by atoms with Gasteiger partial charge in [0.15, 0.2) is 0 Å². The molecule has 0 saturated carbocycles. The smallest absolute Gasteiger partial charge is 0.416 e. The third-order valence-corrected chi connectivity index (χ3v) is 10.6. The van der Waals surface area contributed by atoms with Gasteiger partial charge < -0.3 is 57.4 Å². The Kier molecular flexibility index (Phi) is 40.7. The molecule has 0 bridgehead atoms. The van der Waals surface area contributed by atoms with Crippen molar-refractivity contribution in [1.82, 2.24) is 0 Å². The molecule has 0 unspecified atom stereocenters. The third kappa shape index (κ3) is 37.0. The molecular weight excluding hydrogens is 888 g/mol. The van der Waals surface area contributed by atoms with Crippen LogP contribution in [0.25, 0.3) is 0 Å². The van der Waals surface area contributed by atoms with Gasteiger partial charge >= 0.3 is 12.1 Å². The topological polar surface area (TPSA) is 131 Å². The van der Waals surface area contributed by atoms with Crippen molar-refractivity contribution in [2.45, 2.75) is 116 Å². The van der Waals surface area contributed by atoms with Crippen LogP contribution in [0, 0.1) is 0 Å². The van der Waals surface area contributed by atoms with E-state index < -0.39 is 17.7 Å². The van der Waals surface area contributed by atoms with Gasteiger partial charge in [-0.3, -0.25) is 0 Å². The van der Waals surface area contributed by atoms with Crippen molar-refractivity contribution in [3.63, 3.8) is 0 Å². The van der Waals surface area contributed by atoms with E-state index in [1.165, 1.54) is 115 Å². The Morgan fingerprint density at radius 3 is 1.13 bits per heavy atom. The van der Waals surface area contributed by atoms with E-state index in [0.717, 1.165) is 25.2 Å². The minimum atomic E-state index is -4.48. The standard InChI is InChI=1S/C52H86F3NO12/c1-2-3-4-5-6-7-8-9-10-11-12-13-14-15-16-19-25-58-26-27-59-28-29-60-30-31-61-32-33-62-34-35-63-36-37-64-38-39-65-40-41-66-42-43-67-44-45-68-51(57)49-23-17-18-24-50(49)56-48-22-20-21-47(46-48)52(53,54)55/h17-18,20-24,46,56H,2-16,19,25-45H2,1H3. The number of nitrogens with one attached hydrogen (secondary N) is 1. The van der Waals surface area contributed by atoms with E-state index in [1.807, 2.05) is 0 Å². The molecule has 0 amide bonds. The third-order valence-electron chi connectivity index (χ3n) is 10.6. The summed E-state index contributed by atoms with van der Waals surface area (Å²) in [5.74, 6) is -0.626. The molecule has 0 heterocycles. The first-order valence-electron chi connectivity index (χ1n) is 25.4. The van der Waals surface area contributed by atoms with Crippen LogP contribution in [0.1, 0.15) is 126 Å². The molecule has 0 fully saturated rings. The van der Waals surface area contributed by atoms with E-state index in [9.17, 15) is 18.0 Å². The average Bonchev–Trinajstić information content (AvgIpc) is 3.33. The lowest BCUT2D eigenvalue weighted by atomic mass is 10.0. The Bertz CT molecular complexity index is 1430. The Morgan fingerprint density at radius 1 is 0.412 bits per heavy atom. The van der Waals surface area contributed by atoms with Gasteiger partial charge in [-0.15, -0.1) is 0 Å². The first kappa shape index (κ1) is 61.2. The minimum Gasteiger partial charge on any atom is -0.460 e. The fraction of sp³-hybridized carbons (Fsp3) is 0.750. The molecule has 0 radical (unpaired) electrons. The van der Waals surface area contributed by atoms with Gasteiger partial charge in [0, 0.05) is 12.3 Å². The zero-order valence-electron chi connectivity index (χ0n) is 41.3. The highest BCUT2D eigenvalue weighted by Crippen LogP contribution is 2.32. The summed E-state index contributed by atoms with van der Waals surface area (Å²) in [6, 6.07) is 11.2. The number of alkyl halides is 3. The molecule has 2 aromatic rings. The summed E-state index contributed by atoms with van der Waals surface area (Å²) in [5, 5.41) is 2.87. The molecule has 0 aliphatic carbocycles. The average molecular weight is 974 g/mol. The summed E-state index contributed by atoms with van der Waals surface area (Å²) >= 11 is 0. The van der Waals surface area contributed by atoms with Crippen LogP contribution in [0.15, 0.2) is 48.5 Å². The molecule has 13 nitrogen and oxygen atoms in total. The second-order valence-electron chi connectivity index (χ2n) is 16.3. The second kappa shape index (κ2) is 45.3. The number of hydrogen-bond acceptors (Lipinski definition) is 13. The van der Waals surface area contributed by atoms with E-state index in [2.05, 4.69) is 12.2 Å². The summed E-state index contributed by atoms with van der Waals surface area (Å²) in [6.07, 6.45) is 17.5. The van der Waals surface area contributed by atoms with Crippen molar-refractivity contribution >= 4 is 17.3 Å². The van der Waals surface area contributed by atoms with Crippen LogP contribution in [-0.4, -0.2) is 145 Å². The van der Waals surface area contributed by atoms with Crippen LogP contribution in [-0.2, 0) is 58.3 Å². The van der Waals surface area contributed by atoms with Crippen LogP contribution in [0.5, 0.6) is 0 Å². The zero-order valence-corrected chi connectivity index (χ0v) is 41.3. The van der Waals surface area contributed by atoms with Crippen molar-refractivity contribution in [1.29, 1.82) is 0 Å². The maximum Gasteiger partial charge on any atom is 0.416 e. The molecular formula is C52H86F3NO12. The Balaban J connectivity index is 1.20. The van der Waals surface area contributed by atoms with Gasteiger partial charge in [0.2, 0.25) is 0 Å². The number of carbonyl (C=O) groups is 1. The Morgan fingerprint density at radius 2 is 0.750 bits per heavy atom. The molecule has 16 heteroatoms. The van der Waals surface area contributed by atoms with Gasteiger partial charge in [0.05, 0.1) is 142 Å². The molecule has 0 aliphatic heterocycles. The molecule has 1 N–H and O–H groups in total. The zero-order chi connectivity index (χ0) is 48.7. The molecule has 0 aromatic heterocycles. The van der Waals surface area contributed by atoms with Crippen molar-refractivity contribution in [2.24, 2.45) is 0 Å². The number of anilines is 2. The number of unbranched alkanes of at least 4 members (excludes halogenated alkanes) is 15. The molecule has 2 rings (SSSR count). The van der Waals surface area contributed by atoms with Crippen LogP contribution >= 0.6 is 0 Å². The van der Waals surface area contributed by atoms with Gasteiger partial charge in [0.25, 0.3) is 0 Å². The number of para-hydroxylation sites is 1. The van der Waals surface area contributed by atoms with Gasteiger partial charge in [-0.25, -0.2) is 4.79 Å². The number of carbonyl (C=O) groups excluding carboxylic acids is 1. The quantitative estimate of drug-likeness (QED) is 0.0499. The number of esters is 1. The fourth-order valence-corrected chi connectivity index (χ4v) is 6.80. The number of rotatable bonds is 50. The molecule has 0 saturated heterocycles. The SMILES string of the molecule is CCCCCCCCCCCCCCCCCCOCCOCCOCCOCCOCCOCCOCCOCCOCCOCCOC(=O)c1ccccc1Nc1cccc(C(F)(F)F)c1. The van der Waals surface area contributed by atoms with E-state index in [1.54, 1.807) is 18.2 Å². The van der Waals surface area contributed by atoms with E-state index in [4.69, 9.17) is 52.1 Å². The lowest BCUT2D eigenvalue weighted by molar-refractivity contribution is -0.137. The maximum atomic E-state index is 13.1. The Hall–Kier alpha value is -2.90. The monoisotopic (exact) mass is 974 g/mol. The summed E-state index contributed by atoms with van der Waals surface area (Å²) in [4.78, 5) is 12.6. The Labute approximate surface area is 406 Å². The highest BCUT2D eigenvalue weighted by molar-refractivity contribution is 5.96. The number of halogens is 3. The van der Waals surface area contributed by atoms with Gasteiger partial charge in [0.1, 0.15) is 6.61 Å². The largest absolute Gasteiger partial charge is 0.460 e. The van der Waals surface area contributed by atoms with Crippen LogP contribution in [0.2, 0.25) is 0 Å². The molecule has 0 spiro atoms. The van der Waals surface area contributed by atoms with Gasteiger partial charge in [-0.05, 0) is 36.8 Å². The van der Waals surface area contributed by atoms with Crippen molar-refractivity contribution in [3.05, 3.63) is 59.7 Å². The molecule has 2 aromatic carbocycles. The highest BCUT2D eigenvalue weighted by atomic mass is 19.4. The van der Waals surface area contributed by atoms with Crippen LogP contribution < -0.4 is 5.32 Å². The maximum absolute atomic E-state index is 13.1. The molecule has 392 valence electrons. The number of ether oxygens (including phenoxy) is 11. The summed E-state index contributed by atoms with van der Waals surface area (Å²) in [5.41, 5.74) is -0.0830. The lowest BCUT2D eigenvalue weighted by Gasteiger charge is -2.13. The van der Waals surface area contributed by atoms with Crippen LogP contribution in [0.4, 0.5) is 24.5 Å². The normalized spacial score (nSPS) is 11.7. The van der Waals surface area contributed by atoms with Crippen molar-refractivity contribution < 1.29 is 70.1 Å². The van der Waals surface area contributed by atoms with Crippen molar-refractivity contribution in [3.8, 4) is 0 Å². The summed E-state index contributed by atoms with van der Waals surface area (Å²) < 4.78 is 99.9. The number of benzene rings is 2. The van der Waals surface area contributed by atoms with E-state index >= 15 is 0 Å². The second-order valence-corrected chi connectivity index (χ2v) is 16.3. The lowest BCUT2D eigenvalue weighted by Crippen LogP contribution is -2.16. The van der Waals surface area contributed by atoms with E-state index in [-0.39, 0.29) is 24.5 Å². The molecule has 0 aliphatic rings. The predicted molar refractivity (Wildman–Crippen MR) is 259 cm³/mol. The van der Waals surface area contributed by atoms with Crippen molar-refractivity contribution in [2.75, 3.05) is 144 Å². The highest BCUT2D eigenvalue weighted by Gasteiger charge is 2.30. The molecule has 0 atom stereocenters. The first-order chi connectivity index (χ1) is 33.4. The predicted octanol–water partition coefficient (Wildman–Crippen LogP) is 11.0. The minimum absolute atomic E-state index is 0.000635. The molecule has 68 heavy (non-hydrogen) atoms. The fourth-order valence-electron chi connectivity index (χ4n) is 6.80. The number of hydrogen-bond donors (Lipinski definition) is 1. The van der Waals surface area contributed by atoms with Gasteiger partial charge in [-0.2, -0.15) is 13.2 Å².